The van der Waals surface area contributed by atoms with Gasteiger partial charge < -0.3 is 25.0 Å². The van der Waals surface area contributed by atoms with Crippen molar-refractivity contribution in [3.8, 4) is 0 Å². The summed E-state index contributed by atoms with van der Waals surface area (Å²) in [6, 6.07) is 0. The van der Waals surface area contributed by atoms with E-state index in [1.807, 2.05) is 13.8 Å². The van der Waals surface area contributed by atoms with E-state index >= 15 is 0 Å². The Hall–Kier alpha value is -1.08. The summed E-state index contributed by atoms with van der Waals surface area (Å²) in [5.41, 5.74) is 5.02. The lowest BCUT2D eigenvalue weighted by Crippen LogP contribution is -2.36. The van der Waals surface area contributed by atoms with E-state index in [0.29, 0.717) is 0 Å². The van der Waals surface area contributed by atoms with Crippen LogP contribution in [0.25, 0.3) is 11.2 Å². The molecule has 0 aliphatic carbocycles. The Morgan fingerprint density at radius 2 is 2.10 bits per heavy atom. The standard InChI is InChI=1S/C15H25N6O5PS2/c1-6(2)25-5-8-11(26-27(24,28)7(3)4)10(22)14(29-8)21-12-9(19-20-21)13(23)18-15(16)17-12/h6-8,10-11,14,22H,5H2,1-4H3,(H,24,28)(H3,16,17,18,23)/t8-,10-,11-,14-,27?/m1/s1. The molecule has 5 N–H and O–H groups in total. The van der Waals surface area contributed by atoms with Gasteiger partial charge in [-0.05, 0) is 25.7 Å². The van der Waals surface area contributed by atoms with E-state index in [0.717, 1.165) is 0 Å². The van der Waals surface area contributed by atoms with Crippen molar-refractivity contribution in [2.75, 3.05) is 12.3 Å². The molecule has 0 amide bonds. The summed E-state index contributed by atoms with van der Waals surface area (Å²) in [6.45, 7) is 4.49. The molecule has 1 fully saturated rings. The maximum absolute atomic E-state index is 12.0. The molecule has 162 valence electrons. The van der Waals surface area contributed by atoms with Gasteiger partial charge >= 0.3 is 0 Å². The van der Waals surface area contributed by atoms with Gasteiger partial charge in [0.25, 0.3) is 5.56 Å². The molecule has 29 heavy (non-hydrogen) atoms. The number of aliphatic hydroxyl groups is 1. The number of anilines is 1. The zero-order chi connectivity index (χ0) is 21.5. The van der Waals surface area contributed by atoms with Crippen LogP contribution in [0, 0.1) is 0 Å². The minimum atomic E-state index is -3.13. The molecule has 0 aromatic carbocycles. The largest absolute Gasteiger partial charge is 0.387 e. The molecule has 0 radical (unpaired) electrons. The van der Waals surface area contributed by atoms with Crippen molar-refractivity contribution < 1.29 is 19.3 Å². The lowest BCUT2D eigenvalue weighted by atomic mass is 10.1. The molecule has 3 rings (SSSR count). The van der Waals surface area contributed by atoms with Gasteiger partial charge in [-0.3, -0.25) is 9.78 Å². The van der Waals surface area contributed by atoms with E-state index in [2.05, 4.69) is 20.3 Å². The SMILES string of the molecule is CC(C)OC[C@H]1S[C@@H](n2nnc3c(=O)[nH]c(N)nc32)[C@H](O)[C@@H]1OP(O)(=S)C(C)C. The number of rotatable bonds is 7. The molecule has 2 aromatic rings. The van der Waals surface area contributed by atoms with Crippen LogP contribution >= 0.6 is 18.3 Å². The third-order valence-electron chi connectivity index (χ3n) is 4.42. The Balaban J connectivity index is 1.96. The molecular formula is C15H25N6O5PS2. The first kappa shape index (κ1) is 22.6. The van der Waals surface area contributed by atoms with E-state index < -0.39 is 29.6 Å². The Morgan fingerprint density at radius 1 is 1.41 bits per heavy atom. The Bertz CT molecular complexity index is 982. The number of nitrogens with two attached hydrogens (primary N) is 1. The van der Waals surface area contributed by atoms with Crippen molar-refractivity contribution in [2.45, 2.75) is 62.3 Å². The number of fused-ring (bicyclic) bond motifs is 1. The molecule has 3 heterocycles. The van der Waals surface area contributed by atoms with Gasteiger partial charge in [-0.2, -0.15) is 4.98 Å². The number of ether oxygens (including phenoxy) is 1. The Labute approximate surface area is 176 Å². The Morgan fingerprint density at radius 3 is 2.72 bits per heavy atom. The second kappa shape index (κ2) is 8.58. The predicted molar refractivity (Wildman–Crippen MR) is 114 cm³/mol. The molecule has 1 aliphatic heterocycles. The molecule has 0 bridgehead atoms. The third kappa shape index (κ3) is 4.66. The highest BCUT2D eigenvalue weighted by Gasteiger charge is 2.48. The smallest absolute Gasteiger partial charge is 0.282 e. The molecular weight excluding hydrogens is 439 g/mol. The van der Waals surface area contributed by atoms with E-state index in [-0.39, 0.29) is 40.7 Å². The van der Waals surface area contributed by atoms with Crippen molar-refractivity contribution >= 4 is 47.2 Å². The van der Waals surface area contributed by atoms with Crippen LogP contribution in [0.2, 0.25) is 0 Å². The molecule has 2 aromatic heterocycles. The van der Waals surface area contributed by atoms with E-state index in [4.69, 9.17) is 26.8 Å². The maximum atomic E-state index is 12.0. The van der Waals surface area contributed by atoms with E-state index in [9.17, 15) is 14.8 Å². The van der Waals surface area contributed by atoms with Crippen LogP contribution in [-0.4, -0.2) is 70.8 Å². The first-order valence-corrected chi connectivity index (χ1v) is 12.8. The normalized spacial score (nSPS) is 27.2. The average Bonchev–Trinajstić information content (AvgIpc) is 3.15. The van der Waals surface area contributed by atoms with Crippen LogP contribution in [0.4, 0.5) is 5.95 Å². The zero-order valence-electron chi connectivity index (χ0n) is 16.4. The summed E-state index contributed by atoms with van der Waals surface area (Å²) in [6.07, 6.45) is -1.91. The molecule has 5 atom stereocenters. The van der Waals surface area contributed by atoms with Crippen molar-refractivity contribution in [2.24, 2.45) is 0 Å². The molecule has 1 saturated heterocycles. The minimum Gasteiger partial charge on any atom is -0.387 e. The Kier molecular flexibility index (Phi) is 6.68. The van der Waals surface area contributed by atoms with Crippen LogP contribution < -0.4 is 11.3 Å². The van der Waals surface area contributed by atoms with Crippen LogP contribution in [0.5, 0.6) is 0 Å². The molecule has 0 saturated carbocycles. The fraction of sp³-hybridized carbons (Fsp3) is 0.733. The van der Waals surface area contributed by atoms with E-state index in [1.54, 1.807) is 13.8 Å². The second-order valence-electron chi connectivity index (χ2n) is 7.32. The highest BCUT2D eigenvalue weighted by atomic mass is 32.5. The van der Waals surface area contributed by atoms with E-state index in [1.165, 1.54) is 16.4 Å². The number of hydrogen-bond acceptors (Lipinski definition) is 10. The first-order valence-electron chi connectivity index (χ1n) is 9.08. The summed E-state index contributed by atoms with van der Waals surface area (Å²) in [5.74, 6) is -0.0818. The molecule has 1 aliphatic rings. The van der Waals surface area contributed by atoms with Gasteiger partial charge in [-0.25, -0.2) is 4.68 Å². The number of hydrogen-bond donors (Lipinski definition) is 4. The fourth-order valence-electron chi connectivity index (χ4n) is 2.80. The van der Waals surface area contributed by atoms with Gasteiger partial charge in [-0.1, -0.05) is 19.1 Å². The number of H-pyrrole nitrogens is 1. The molecule has 0 spiro atoms. The number of nitrogens with zero attached hydrogens (tertiary/aromatic N) is 4. The van der Waals surface area contributed by atoms with Gasteiger partial charge in [0.15, 0.2) is 17.7 Å². The number of aromatic nitrogens is 5. The van der Waals surface area contributed by atoms with Crippen molar-refractivity contribution in [3.05, 3.63) is 10.4 Å². The quantitative estimate of drug-likeness (QED) is 0.424. The predicted octanol–water partition coefficient (Wildman–Crippen LogP) is 0.592. The van der Waals surface area contributed by atoms with Gasteiger partial charge in [-0.15, -0.1) is 16.9 Å². The summed E-state index contributed by atoms with van der Waals surface area (Å²) in [5, 5.41) is 17.9. The third-order valence-corrected chi connectivity index (χ3v) is 9.31. The highest BCUT2D eigenvalue weighted by molar-refractivity contribution is 8.09. The van der Waals surface area contributed by atoms with Crippen molar-refractivity contribution in [1.29, 1.82) is 0 Å². The molecule has 11 nitrogen and oxygen atoms in total. The average molecular weight is 465 g/mol. The highest BCUT2D eigenvalue weighted by Crippen LogP contribution is 2.54. The summed E-state index contributed by atoms with van der Waals surface area (Å²) in [7, 11) is 0. The summed E-state index contributed by atoms with van der Waals surface area (Å²) >= 11 is 6.60. The number of nitrogen functional groups attached to an aromatic ring is 1. The topological polar surface area (TPSA) is 161 Å². The monoisotopic (exact) mass is 464 g/mol. The van der Waals surface area contributed by atoms with Crippen LogP contribution in [-0.2, 0) is 21.1 Å². The number of thioether (sulfide) groups is 1. The second-order valence-corrected chi connectivity index (χ2v) is 12.6. The number of aliphatic hydroxyl groups excluding tert-OH is 1. The lowest BCUT2D eigenvalue weighted by molar-refractivity contribution is 0.00608. The minimum absolute atomic E-state index is 0.0146. The summed E-state index contributed by atoms with van der Waals surface area (Å²) < 4.78 is 12.9. The molecule has 1 unspecified atom stereocenters. The van der Waals surface area contributed by atoms with Crippen molar-refractivity contribution in [1.82, 2.24) is 25.0 Å². The van der Waals surface area contributed by atoms with Crippen LogP contribution in [0.3, 0.4) is 0 Å². The van der Waals surface area contributed by atoms with Crippen molar-refractivity contribution in [3.63, 3.8) is 0 Å². The number of aromatic amines is 1. The summed E-state index contributed by atoms with van der Waals surface area (Å²) in [4.78, 5) is 29.1. The first-order chi connectivity index (χ1) is 13.5. The fourth-order valence-corrected chi connectivity index (χ4v) is 5.50. The molecule has 14 heteroatoms. The lowest BCUT2D eigenvalue weighted by Gasteiger charge is -2.29. The van der Waals surface area contributed by atoms with Crippen LogP contribution in [0.1, 0.15) is 33.1 Å². The maximum Gasteiger partial charge on any atom is 0.282 e. The van der Waals surface area contributed by atoms with Gasteiger partial charge in [0.1, 0.15) is 17.6 Å². The zero-order valence-corrected chi connectivity index (χ0v) is 18.9. The van der Waals surface area contributed by atoms with Gasteiger partial charge in [0, 0.05) is 5.66 Å². The number of nitrogens with one attached hydrogen (secondary N) is 1. The van der Waals surface area contributed by atoms with Crippen LogP contribution in [0.15, 0.2) is 4.79 Å². The van der Waals surface area contributed by atoms with Gasteiger partial charge in [0.2, 0.25) is 5.95 Å². The van der Waals surface area contributed by atoms with Gasteiger partial charge in [0.05, 0.1) is 18.0 Å².